The molecule has 25 heavy (non-hydrogen) atoms. The van der Waals surface area contributed by atoms with Crippen molar-refractivity contribution >= 4 is 16.9 Å². The van der Waals surface area contributed by atoms with Gasteiger partial charge in [-0.2, -0.15) is 5.10 Å². The summed E-state index contributed by atoms with van der Waals surface area (Å²) in [6.07, 6.45) is 3.88. The number of para-hydroxylation sites is 2. The molecule has 1 atom stereocenters. The van der Waals surface area contributed by atoms with Crippen molar-refractivity contribution in [3.63, 3.8) is 0 Å². The lowest BCUT2D eigenvalue weighted by Crippen LogP contribution is -2.33. The average Bonchev–Trinajstić information content (AvgIpc) is 3.21. The van der Waals surface area contributed by atoms with E-state index in [2.05, 4.69) is 34.3 Å². The number of benzene rings is 1. The number of hydrogen-bond donors (Lipinski definition) is 2. The van der Waals surface area contributed by atoms with Gasteiger partial charge >= 0.3 is 0 Å². The summed E-state index contributed by atoms with van der Waals surface area (Å²) in [5.41, 5.74) is 3.32. The topological polar surface area (TPSA) is 75.6 Å². The van der Waals surface area contributed by atoms with Crippen LogP contribution in [0.5, 0.6) is 0 Å². The predicted molar refractivity (Wildman–Crippen MR) is 98.4 cm³/mol. The quantitative estimate of drug-likeness (QED) is 0.693. The Morgan fingerprint density at radius 3 is 2.84 bits per heavy atom. The molecule has 132 valence electrons. The standard InChI is InChI=1S/C19H25N5O/c1-13(2)8-9-14(3)21-19(25)17-10-15(22-23-17)11-24-12-20-16-6-4-5-7-18(16)24/h4-7,10,12-14H,8-9,11H2,1-3H3,(H,21,25)(H,22,23). The molecule has 0 saturated heterocycles. The molecule has 0 saturated carbocycles. The smallest absolute Gasteiger partial charge is 0.271 e. The second-order valence-corrected chi connectivity index (χ2v) is 6.99. The highest BCUT2D eigenvalue weighted by molar-refractivity contribution is 5.92. The Morgan fingerprint density at radius 2 is 2.04 bits per heavy atom. The molecule has 2 heterocycles. The lowest BCUT2D eigenvalue weighted by Gasteiger charge is -2.14. The summed E-state index contributed by atoms with van der Waals surface area (Å²) < 4.78 is 2.04. The second-order valence-electron chi connectivity index (χ2n) is 6.99. The summed E-state index contributed by atoms with van der Waals surface area (Å²) in [6.45, 7) is 7.01. The van der Waals surface area contributed by atoms with Gasteiger partial charge in [0.25, 0.3) is 5.91 Å². The number of carbonyl (C=O) groups excluding carboxylic acids is 1. The van der Waals surface area contributed by atoms with Crippen LogP contribution in [-0.4, -0.2) is 31.7 Å². The average molecular weight is 339 g/mol. The largest absolute Gasteiger partial charge is 0.348 e. The third-order valence-corrected chi connectivity index (χ3v) is 4.29. The summed E-state index contributed by atoms with van der Waals surface area (Å²) >= 11 is 0. The molecule has 0 fully saturated rings. The molecule has 2 N–H and O–H groups in total. The molecule has 6 nitrogen and oxygen atoms in total. The number of aromatic nitrogens is 4. The maximum Gasteiger partial charge on any atom is 0.271 e. The molecule has 1 aromatic carbocycles. The number of carbonyl (C=O) groups is 1. The second kappa shape index (κ2) is 7.51. The van der Waals surface area contributed by atoms with Gasteiger partial charge in [-0.05, 0) is 43.9 Å². The van der Waals surface area contributed by atoms with Gasteiger partial charge in [0.15, 0.2) is 0 Å². The van der Waals surface area contributed by atoms with Gasteiger partial charge in [-0.3, -0.25) is 9.89 Å². The van der Waals surface area contributed by atoms with Crippen molar-refractivity contribution in [2.75, 3.05) is 0 Å². The van der Waals surface area contributed by atoms with Crippen LogP contribution in [0.2, 0.25) is 0 Å². The normalized spacial score (nSPS) is 12.6. The van der Waals surface area contributed by atoms with E-state index in [1.807, 2.05) is 35.8 Å². The first kappa shape index (κ1) is 17.2. The van der Waals surface area contributed by atoms with Crippen LogP contribution < -0.4 is 5.32 Å². The van der Waals surface area contributed by atoms with E-state index < -0.39 is 0 Å². The zero-order valence-corrected chi connectivity index (χ0v) is 15.0. The van der Waals surface area contributed by atoms with Crippen LogP contribution in [0.25, 0.3) is 11.0 Å². The zero-order chi connectivity index (χ0) is 17.8. The first-order valence-electron chi connectivity index (χ1n) is 8.78. The molecule has 3 aromatic rings. The predicted octanol–water partition coefficient (Wildman–Crippen LogP) is 3.36. The monoisotopic (exact) mass is 339 g/mol. The molecule has 0 aliphatic heterocycles. The summed E-state index contributed by atoms with van der Waals surface area (Å²) in [6, 6.07) is 9.93. The molecule has 0 aliphatic rings. The fourth-order valence-electron chi connectivity index (χ4n) is 2.83. The van der Waals surface area contributed by atoms with Gasteiger partial charge in [0.1, 0.15) is 5.69 Å². The van der Waals surface area contributed by atoms with Crippen molar-refractivity contribution in [2.24, 2.45) is 5.92 Å². The summed E-state index contributed by atoms with van der Waals surface area (Å²) in [5, 5.41) is 10.1. The van der Waals surface area contributed by atoms with Crippen LogP contribution in [0.15, 0.2) is 36.7 Å². The maximum absolute atomic E-state index is 12.3. The summed E-state index contributed by atoms with van der Waals surface area (Å²) in [7, 11) is 0. The van der Waals surface area contributed by atoms with Gasteiger partial charge in [0, 0.05) is 6.04 Å². The van der Waals surface area contributed by atoms with Crippen LogP contribution in [0, 0.1) is 5.92 Å². The van der Waals surface area contributed by atoms with E-state index in [1.54, 1.807) is 12.4 Å². The number of aromatic amines is 1. The number of hydrogen-bond acceptors (Lipinski definition) is 3. The van der Waals surface area contributed by atoms with Crippen LogP contribution in [0.1, 0.15) is 49.8 Å². The van der Waals surface area contributed by atoms with Gasteiger partial charge in [0.05, 0.1) is 29.6 Å². The number of nitrogens with one attached hydrogen (secondary N) is 2. The Bertz CT molecular complexity index is 848. The summed E-state index contributed by atoms with van der Waals surface area (Å²) in [4.78, 5) is 16.7. The molecular formula is C19H25N5O. The highest BCUT2D eigenvalue weighted by Gasteiger charge is 2.14. The van der Waals surface area contributed by atoms with Crippen molar-refractivity contribution in [3.8, 4) is 0 Å². The molecule has 6 heteroatoms. The van der Waals surface area contributed by atoms with E-state index in [0.717, 1.165) is 29.6 Å². The van der Waals surface area contributed by atoms with Gasteiger partial charge in [-0.25, -0.2) is 4.98 Å². The maximum atomic E-state index is 12.3. The molecule has 0 spiro atoms. The first-order valence-corrected chi connectivity index (χ1v) is 8.78. The minimum absolute atomic E-state index is 0.130. The van der Waals surface area contributed by atoms with Gasteiger partial charge in [-0.15, -0.1) is 0 Å². The van der Waals surface area contributed by atoms with E-state index in [9.17, 15) is 4.79 Å². The molecule has 2 aromatic heterocycles. The Kier molecular flexibility index (Phi) is 5.16. The SMILES string of the molecule is CC(C)CCC(C)NC(=O)c1cc(Cn2cnc3ccccc32)[nH]n1. The number of nitrogens with zero attached hydrogens (tertiary/aromatic N) is 3. The Morgan fingerprint density at radius 1 is 1.24 bits per heavy atom. The van der Waals surface area contributed by atoms with Crippen LogP contribution in [0.4, 0.5) is 0 Å². The minimum atomic E-state index is -0.130. The molecule has 0 bridgehead atoms. The molecule has 3 rings (SSSR count). The van der Waals surface area contributed by atoms with Crippen molar-refractivity contribution in [1.82, 2.24) is 25.1 Å². The van der Waals surface area contributed by atoms with Gasteiger partial charge in [-0.1, -0.05) is 26.0 Å². The van der Waals surface area contributed by atoms with E-state index in [-0.39, 0.29) is 11.9 Å². The van der Waals surface area contributed by atoms with E-state index >= 15 is 0 Å². The molecule has 0 aliphatic carbocycles. The highest BCUT2D eigenvalue weighted by atomic mass is 16.2. The fourth-order valence-corrected chi connectivity index (χ4v) is 2.83. The number of amides is 1. The lowest BCUT2D eigenvalue weighted by atomic mass is 10.0. The molecular weight excluding hydrogens is 314 g/mol. The number of H-pyrrole nitrogens is 1. The number of imidazole rings is 1. The first-order chi connectivity index (χ1) is 12.0. The van der Waals surface area contributed by atoms with E-state index in [0.29, 0.717) is 18.2 Å². The lowest BCUT2D eigenvalue weighted by molar-refractivity contribution is 0.0932. The van der Waals surface area contributed by atoms with Crippen molar-refractivity contribution < 1.29 is 4.79 Å². The fraction of sp³-hybridized carbons (Fsp3) is 0.421. The highest BCUT2D eigenvalue weighted by Crippen LogP contribution is 2.14. The Hall–Kier alpha value is -2.63. The van der Waals surface area contributed by atoms with Crippen LogP contribution >= 0.6 is 0 Å². The van der Waals surface area contributed by atoms with Gasteiger partial charge in [0.2, 0.25) is 0 Å². The van der Waals surface area contributed by atoms with E-state index in [4.69, 9.17) is 0 Å². The van der Waals surface area contributed by atoms with Gasteiger partial charge < -0.3 is 9.88 Å². The molecule has 0 radical (unpaired) electrons. The van der Waals surface area contributed by atoms with Crippen molar-refractivity contribution in [3.05, 3.63) is 48.0 Å². The third kappa shape index (κ3) is 4.26. The number of fused-ring (bicyclic) bond motifs is 1. The van der Waals surface area contributed by atoms with Crippen LogP contribution in [0.3, 0.4) is 0 Å². The summed E-state index contributed by atoms with van der Waals surface area (Å²) in [5.74, 6) is 0.510. The molecule has 1 unspecified atom stereocenters. The van der Waals surface area contributed by atoms with Crippen molar-refractivity contribution in [1.29, 1.82) is 0 Å². The Labute approximate surface area is 147 Å². The Balaban J connectivity index is 1.63. The third-order valence-electron chi connectivity index (χ3n) is 4.29. The van der Waals surface area contributed by atoms with E-state index in [1.165, 1.54) is 0 Å². The minimum Gasteiger partial charge on any atom is -0.348 e. The molecule has 1 amide bonds. The van der Waals surface area contributed by atoms with Crippen LogP contribution in [-0.2, 0) is 6.54 Å². The number of rotatable bonds is 7. The van der Waals surface area contributed by atoms with Crippen molar-refractivity contribution in [2.45, 2.75) is 46.2 Å². The zero-order valence-electron chi connectivity index (χ0n) is 15.0.